The lowest BCUT2D eigenvalue weighted by Crippen LogP contribution is -2.47. The number of ether oxygens (including phenoxy) is 1. The summed E-state index contributed by atoms with van der Waals surface area (Å²) in [7, 11) is 0. The molecule has 124 valence electrons. The molecule has 21 heavy (non-hydrogen) atoms. The van der Waals surface area contributed by atoms with Crippen molar-refractivity contribution >= 4 is 29.3 Å². The van der Waals surface area contributed by atoms with Crippen LogP contribution in [0.4, 0.5) is 4.79 Å². The van der Waals surface area contributed by atoms with Gasteiger partial charge in [-0.25, -0.2) is 9.80 Å². The predicted octanol–water partition coefficient (Wildman–Crippen LogP) is 3.87. The molecule has 0 heterocycles. The fraction of sp³-hybridized carbons (Fsp3) is 0.933. The first-order valence-corrected chi connectivity index (χ1v) is 8.89. The van der Waals surface area contributed by atoms with Crippen molar-refractivity contribution in [2.24, 2.45) is 17.8 Å². The SMILES string of the molecule is CC1CCC(C(C)C)C(OC(=O)NN(CCCl)CCCl)C1. The summed E-state index contributed by atoms with van der Waals surface area (Å²) in [6.45, 7) is 7.72. The summed E-state index contributed by atoms with van der Waals surface area (Å²) in [6, 6.07) is 0. The number of amides is 1. The molecule has 0 aromatic carbocycles. The Kier molecular flexibility index (Phi) is 8.76. The van der Waals surface area contributed by atoms with Crippen LogP contribution >= 0.6 is 23.2 Å². The quantitative estimate of drug-likeness (QED) is 0.565. The summed E-state index contributed by atoms with van der Waals surface area (Å²) in [4.78, 5) is 12.1. The molecule has 1 amide bonds. The van der Waals surface area contributed by atoms with E-state index in [0.29, 0.717) is 42.6 Å². The Hall–Kier alpha value is -0.190. The molecule has 0 aliphatic heterocycles. The fourth-order valence-electron chi connectivity index (χ4n) is 2.97. The Morgan fingerprint density at radius 2 is 1.90 bits per heavy atom. The van der Waals surface area contributed by atoms with Gasteiger partial charge in [-0.15, -0.1) is 23.2 Å². The minimum absolute atomic E-state index is 0.00241. The smallest absolute Gasteiger partial charge is 0.422 e. The average Bonchev–Trinajstić information content (AvgIpc) is 2.38. The zero-order chi connectivity index (χ0) is 15.8. The minimum atomic E-state index is -0.394. The molecule has 0 aromatic heterocycles. The molecular weight excluding hydrogens is 311 g/mol. The second-order valence-corrected chi connectivity index (χ2v) is 7.00. The van der Waals surface area contributed by atoms with E-state index < -0.39 is 6.09 Å². The summed E-state index contributed by atoms with van der Waals surface area (Å²) in [6.07, 6.45) is 2.90. The molecule has 0 aromatic rings. The normalized spacial score (nSPS) is 26.1. The van der Waals surface area contributed by atoms with Gasteiger partial charge in [-0.3, -0.25) is 5.43 Å². The minimum Gasteiger partial charge on any atom is -0.445 e. The van der Waals surface area contributed by atoms with E-state index in [1.54, 1.807) is 5.01 Å². The van der Waals surface area contributed by atoms with Gasteiger partial charge in [-0.2, -0.15) is 0 Å². The lowest BCUT2D eigenvalue weighted by molar-refractivity contribution is -0.00320. The van der Waals surface area contributed by atoms with E-state index in [1.165, 1.54) is 6.42 Å². The van der Waals surface area contributed by atoms with Crippen molar-refractivity contribution in [2.75, 3.05) is 24.8 Å². The van der Waals surface area contributed by atoms with E-state index in [4.69, 9.17) is 27.9 Å². The zero-order valence-corrected chi connectivity index (χ0v) is 14.8. The largest absolute Gasteiger partial charge is 0.445 e. The number of halogens is 2. The molecule has 1 aliphatic rings. The summed E-state index contributed by atoms with van der Waals surface area (Å²) < 4.78 is 5.68. The third-order valence-electron chi connectivity index (χ3n) is 4.18. The number of nitrogens with one attached hydrogen (secondary N) is 1. The van der Waals surface area contributed by atoms with Crippen LogP contribution in [-0.4, -0.2) is 42.1 Å². The summed E-state index contributed by atoms with van der Waals surface area (Å²) in [5.41, 5.74) is 2.74. The van der Waals surface area contributed by atoms with Crippen LogP contribution in [0.3, 0.4) is 0 Å². The molecule has 0 spiro atoms. The highest BCUT2D eigenvalue weighted by Crippen LogP contribution is 2.35. The number of rotatable bonds is 7. The van der Waals surface area contributed by atoms with Crippen LogP contribution in [0.1, 0.15) is 40.0 Å². The summed E-state index contributed by atoms with van der Waals surface area (Å²) in [5, 5.41) is 1.71. The number of nitrogens with zero attached hydrogens (tertiary/aromatic N) is 1. The van der Waals surface area contributed by atoms with Gasteiger partial charge in [0.25, 0.3) is 0 Å². The van der Waals surface area contributed by atoms with Gasteiger partial charge in [-0.05, 0) is 30.6 Å². The van der Waals surface area contributed by atoms with E-state index in [1.807, 2.05) is 0 Å². The molecule has 3 unspecified atom stereocenters. The zero-order valence-electron chi connectivity index (χ0n) is 13.3. The Morgan fingerprint density at radius 1 is 1.29 bits per heavy atom. The van der Waals surface area contributed by atoms with E-state index in [-0.39, 0.29) is 6.10 Å². The van der Waals surface area contributed by atoms with Gasteiger partial charge >= 0.3 is 6.09 Å². The second kappa shape index (κ2) is 9.75. The van der Waals surface area contributed by atoms with Gasteiger partial charge in [0.1, 0.15) is 6.10 Å². The molecule has 4 nitrogen and oxygen atoms in total. The number of hydrogen-bond acceptors (Lipinski definition) is 3. The van der Waals surface area contributed by atoms with Crippen molar-refractivity contribution in [1.29, 1.82) is 0 Å². The van der Waals surface area contributed by atoms with E-state index in [0.717, 1.165) is 12.8 Å². The summed E-state index contributed by atoms with van der Waals surface area (Å²) in [5.74, 6) is 2.46. The van der Waals surface area contributed by atoms with Crippen LogP contribution in [0.25, 0.3) is 0 Å². The lowest BCUT2D eigenvalue weighted by atomic mass is 9.75. The second-order valence-electron chi connectivity index (χ2n) is 6.25. The Labute approximate surface area is 138 Å². The maximum absolute atomic E-state index is 12.1. The number of carbonyl (C=O) groups is 1. The van der Waals surface area contributed by atoms with Crippen molar-refractivity contribution in [3.05, 3.63) is 0 Å². The number of alkyl halides is 2. The fourth-order valence-corrected chi connectivity index (χ4v) is 3.38. The molecule has 0 radical (unpaired) electrons. The molecule has 6 heteroatoms. The maximum Gasteiger partial charge on any atom is 0.422 e. The molecule has 1 saturated carbocycles. The van der Waals surface area contributed by atoms with Gasteiger partial charge in [0.2, 0.25) is 0 Å². The van der Waals surface area contributed by atoms with Crippen LogP contribution < -0.4 is 5.43 Å². The van der Waals surface area contributed by atoms with Crippen molar-refractivity contribution in [3.63, 3.8) is 0 Å². The first-order valence-electron chi connectivity index (χ1n) is 7.82. The van der Waals surface area contributed by atoms with E-state index >= 15 is 0 Å². The average molecular weight is 339 g/mol. The van der Waals surface area contributed by atoms with Crippen molar-refractivity contribution in [2.45, 2.75) is 46.1 Å². The van der Waals surface area contributed by atoms with Gasteiger partial charge in [0.05, 0.1) is 0 Å². The molecule has 0 bridgehead atoms. The lowest BCUT2D eigenvalue weighted by Gasteiger charge is -2.37. The topological polar surface area (TPSA) is 41.6 Å². The Balaban J connectivity index is 2.53. The molecular formula is C15H28Cl2N2O2. The maximum atomic E-state index is 12.1. The molecule has 1 rings (SSSR count). The highest BCUT2D eigenvalue weighted by molar-refractivity contribution is 6.18. The molecule has 1 N–H and O–H groups in total. The number of hydrazine groups is 1. The van der Waals surface area contributed by atoms with Crippen LogP contribution in [0.2, 0.25) is 0 Å². The number of hydrogen-bond donors (Lipinski definition) is 1. The van der Waals surface area contributed by atoms with Crippen LogP contribution in [-0.2, 0) is 4.74 Å². The third kappa shape index (κ3) is 6.62. The number of carbonyl (C=O) groups excluding carboxylic acids is 1. The van der Waals surface area contributed by atoms with E-state index in [9.17, 15) is 4.79 Å². The molecule has 1 aliphatic carbocycles. The van der Waals surface area contributed by atoms with Gasteiger partial charge < -0.3 is 4.74 Å². The van der Waals surface area contributed by atoms with Crippen molar-refractivity contribution < 1.29 is 9.53 Å². The van der Waals surface area contributed by atoms with Crippen molar-refractivity contribution in [3.8, 4) is 0 Å². The first-order chi connectivity index (χ1) is 9.97. The molecule has 1 fully saturated rings. The molecule has 0 saturated heterocycles. The summed E-state index contributed by atoms with van der Waals surface area (Å²) >= 11 is 11.4. The highest BCUT2D eigenvalue weighted by Gasteiger charge is 2.33. The third-order valence-corrected chi connectivity index (χ3v) is 4.52. The van der Waals surface area contributed by atoms with Gasteiger partial charge in [0.15, 0.2) is 0 Å². The monoisotopic (exact) mass is 338 g/mol. The van der Waals surface area contributed by atoms with Crippen LogP contribution in [0.15, 0.2) is 0 Å². The van der Waals surface area contributed by atoms with Crippen LogP contribution in [0.5, 0.6) is 0 Å². The Bertz CT molecular complexity index is 310. The first kappa shape index (κ1) is 18.9. The standard InChI is InChI=1S/C15H28Cl2N2O2/c1-11(2)13-5-4-12(3)10-14(13)21-15(20)18-19(8-6-16)9-7-17/h11-14H,4-10H2,1-3H3,(H,18,20). The molecule has 3 atom stereocenters. The van der Waals surface area contributed by atoms with Gasteiger partial charge in [-0.1, -0.05) is 27.2 Å². The van der Waals surface area contributed by atoms with Crippen LogP contribution in [0, 0.1) is 17.8 Å². The van der Waals surface area contributed by atoms with E-state index in [2.05, 4.69) is 26.2 Å². The predicted molar refractivity (Wildman–Crippen MR) is 87.8 cm³/mol. The Morgan fingerprint density at radius 3 is 2.43 bits per heavy atom. The van der Waals surface area contributed by atoms with Crippen molar-refractivity contribution in [1.82, 2.24) is 10.4 Å². The highest BCUT2D eigenvalue weighted by atomic mass is 35.5. The van der Waals surface area contributed by atoms with Gasteiger partial charge in [0, 0.05) is 24.8 Å².